The zero-order chi connectivity index (χ0) is 15.0. The maximum absolute atomic E-state index is 6.33. The number of benzene rings is 1. The van der Waals surface area contributed by atoms with Gasteiger partial charge in [0.15, 0.2) is 5.82 Å². The molecule has 0 fully saturated rings. The lowest BCUT2D eigenvalue weighted by Gasteiger charge is -2.09. The first kappa shape index (κ1) is 14.1. The minimum Gasteiger partial charge on any atom is -0.497 e. The van der Waals surface area contributed by atoms with Gasteiger partial charge in [0, 0.05) is 12.4 Å². The first-order chi connectivity index (χ1) is 10.1. The molecule has 6 heteroatoms. The molecule has 4 nitrogen and oxygen atoms in total. The van der Waals surface area contributed by atoms with Crippen LogP contribution in [0.15, 0.2) is 23.6 Å². The number of ether oxygens (including phenoxy) is 1. The van der Waals surface area contributed by atoms with Crippen LogP contribution in [0, 0.1) is 6.92 Å². The molecule has 0 aliphatic heterocycles. The Hall–Kier alpha value is -1.85. The smallest absolute Gasteiger partial charge is 0.173 e. The summed E-state index contributed by atoms with van der Waals surface area (Å²) in [6.07, 6.45) is 0. The van der Waals surface area contributed by atoms with Crippen molar-refractivity contribution >= 4 is 39.7 Å². The Bertz CT molecular complexity index is 816. The van der Waals surface area contributed by atoms with Gasteiger partial charge in [0.1, 0.15) is 11.6 Å². The first-order valence-electron chi connectivity index (χ1n) is 6.41. The predicted octanol–water partition coefficient (Wildman–Crippen LogP) is 4.37. The summed E-state index contributed by atoms with van der Waals surface area (Å²) in [5.74, 6) is 2.18. The summed E-state index contributed by atoms with van der Waals surface area (Å²) in [6, 6.07) is 5.74. The molecule has 0 amide bonds. The molecule has 0 unspecified atom stereocenters. The van der Waals surface area contributed by atoms with E-state index in [1.807, 2.05) is 37.6 Å². The van der Waals surface area contributed by atoms with Gasteiger partial charge in [0.2, 0.25) is 0 Å². The molecule has 108 valence electrons. The van der Waals surface area contributed by atoms with E-state index in [2.05, 4.69) is 15.3 Å². The lowest BCUT2D eigenvalue weighted by molar-refractivity contribution is 0.415. The number of aromatic nitrogens is 2. The molecular weight excluding hydrogens is 306 g/mol. The highest BCUT2D eigenvalue weighted by Crippen LogP contribution is 2.36. The molecule has 0 spiro atoms. The standard InChI is InChI=1S/C15H14ClN3OS/c1-8-7-21-13(12(8)16)15-18-11-5-4-9(20-3)6-10(11)14(17-2)19-15/h4-7H,1-3H3,(H,17,18,19). The number of hydrogen-bond acceptors (Lipinski definition) is 5. The van der Waals surface area contributed by atoms with Crippen LogP contribution in [-0.2, 0) is 0 Å². The number of hydrogen-bond donors (Lipinski definition) is 1. The van der Waals surface area contributed by atoms with Crippen LogP contribution in [0.25, 0.3) is 21.6 Å². The van der Waals surface area contributed by atoms with Crippen molar-refractivity contribution in [2.45, 2.75) is 6.92 Å². The summed E-state index contributed by atoms with van der Waals surface area (Å²) >= 11 is 7.88. The molecule has 21 heavy (non-hydrogen) atoms. The van der Waals surface area contributed by atoms with Crippen LogP contribution in [0.1, 0.15) is 5.56 Å². The molecular formula is C15H14ClN3OS. The topological polar surface area (TPSA) is 47.0 Å². The monoisotopic (exact) mass is 319 g/mol. The summed E-state index contributed by atoms with van der Waals surface area (Å²) in [6.45, 7) is 1.98. The SMILES string of the molecule is CNc1nc(-c2scc(C)c2Cl)nc2ccc(OC)cc12. The van der Waals surface area contributed by atoms with Crippen molar-refractivity contribution in [3.63, 3.8) is 0 Å². The van der Waals surface area contributed by atoms with E-state index in [1.54, 1.807) is 18.4 Å². The Morgan fingerprint density at radius 1 is 1.29 bits per heavy atom. The van der Waals surface area contributed by atoms with Crippen molar-refractivity contribution in [3.8, 4) is 16.5 Å². The zero-order valence-electron chi connectivity index (χ0n) is 11.9. The fourth-order valence-corrected chi connectivity index (χ4v) is 3.32. The second-order valence-corrected chi connectivity index (χ2v) is 5.85. The van der Waals surface area contributed by atoms with Gasteiger partial charge in [-0.1, -0.05) is 11.6 Å². The lowest BCUT2D eigenvalue weighted by Crippen LogP contribution is -1.98. The lowest BCUT2D eigenvalue weighted by atomic mass is 10.2. The second kappa shape index (κ2) is 5.50. The summed E-state index contributed by atoms with van der Waals surface area (Å²) in [5.41, 5.74) is 1.90. The highest BCUT2D eigenvalue weighted by Gasteiger charge is 2.14. The number of methoxy groups -OCH3 is 1. The molecule has 1 aromatic carbocycles. The second-order valence-electron chi connectivity index (χ2n) is 4.59. The van der Waals surface area contributed by atoms with Crippen molar-refractivity contribution in [2.24, 2.45) is 0 Å². The van der Waals surface area contributed by atoms with Gasteiger partial charge >= 0.3 is 0 Å². The van der Waals surface area contributed by atoms with Crippen LogP contribution in [0.2, 0.25) is 5.02 Å². The number of nitrogens with one attached hydrogen (secondary N) is 1. The molecule has 0 aliphatic rings. The van der Waals surface area contributed by atoms with E-state index in [-0.39, 0.29) is 0 Å². The third kappa shape index (κ3) is 2.43. The Balaban J connectivity index is 2.24. The van der Waals surface area contributed by atoms with E-state index < -0.39 is 0 Å². The third-order valence-corrected chi connectivity index (χ3v) is 4.93. The van der Waals surface area contributed by atoms with Crippen LogP contribution in [0.3, 0.4) is 0 Å². The predicted molar refractivity (Wildman–Crippen MR) is 88.7 cm³/mol. The summed E-state index contributed by atoms with van der Waals surface area (Å²) < 4.78 is 5.26. The summed E-state index contributed by atoms with van der Waals surface area (Å²) in [4.78, 5) is 10.1. The van der Waals surface area contributed by atoms with Crippen molar-refractivity contribution in [1.29, 1.82) is 0 Å². The highest BCUT2D eigenvalue weighted by atomic mass is 35.5. The van der Waals surface area contributed by atoms with E-state index >= 15 is 0 Å². The molecule has 2 aromatic heterocycles. The maximum atomic E-state index is 6.33. The summed E-state index contributed by atoms with van der Waals surface area (Å²) in [7, 11) is 3.48. The highest BCUT2D eigenvalue weighted by molar-refractivity contribution is 7.14. The van der Waals surface area contributed by atoms with Crippen molar-refractivity contribution < 1.29 is 4.74 Å². The van der Waals surface area contributed by atoms with Gasteiger partial charge in [-0.3, -0.25) is 0 Å². The molecule has 3 rings (SSSR count). The Morgan fingerprint density at radius 2 is 2.10 bits per heavy atom. The zero-order valence-corrected chi connectivity index (χ0v) is 13.5. The van der Waals surface area contributed by atoms with E-state index in [0.29, 0.717) is 5.82 Å². The molecule has 0 radical (unpaired) electrons. The van der Waals surface area contributed by atoms with Crippen LogP contribution >= 0.6 is 22.9 Å². The van der Waals surface area contributed by atoms with E-state index in [9.17, 15) is 0 Å². The molecule has 2 heterocycles. The molecule has 1 N–H and O–H groups in total. The quantitative estimate of drug-likeness (QED) is 0.778. The van der Waals surface area contributed by atoms with Gasteiger partial charge < -0.3 is 10.1 Å². The Labute approximate surface area is 131 Å². The van der Waals surface area contributed by atoms with Crippen molar-refractivity contribution in [1.82, 2.24) is 9.97 Å². The van der Waals surface area contributed by atoms with Gasteiger partial charge in [0.25, 0.3) is 0 Å². The number of halogens is 1. The molecule has 0 aliphatic carbocycles. The molecule has 0 bridgehead atoms. The number of rotatable bonds is 3. The van der Waals surface area contributed by atoms with Crippen LogP contribution in [-0.4, -0.2) is 24.1 Å². The average Bonchev–Trinajstić information content (AvgIpc) is 2.85. The molecule has 3 aromatic rings. The fraction of sp³-hybridized carbons (Fsp3) is 0.200. The molecule has 0 atom stereocenters. The van der Waals surface area contributed by atoms with Gasteiger partial charge in [0.05, 0.1) is 22.5 Å². The van der Waals surface area contributed by atoms with Crippen LogP contribution < -0.4 is 10.1 Å². The number of anilines is 1. The first-order valence-corrected chi connectivity index (χ1v) is 7.67. The minimum atomic E-state index is 0.639. The fourth-order valence-electron chi connectivity index (χ4n) is 2.11. The third-order valence-electron chi connectivity index (χ3n) is 3.24. The minimum absolute atomic E-state index is 0.639. The number of fused-ring (bicyclic) bond motifs is 1. The largest absolute Gasteiger partial charge is 0.497 e. The van der Waals surface area contributed by atoms with Crippen LogP contribution in [0.5, 0.6) is 5.75 Å². The number of aryl methyl sites for hydroxylation is 1. The Morgan fingerprint density at radius 3 is 2.71 bits per heavy atom. The van der Waals surface area contributed by atoms with Gasteiger partial charge in [-0.05, 0) is 36.1 Å². The number of nitrogens with zero attached hydrogens (tertiary/aromatic N) is 2. The van der Waals surface area contributed by atoms with Crippen molar-refractivity contribution in [3.05, 3.63) is 34.2 Å². The van der Waals surface area contributed by atoms with Gasteiger partial charge in [-0.25, -0.2) is 9.97 Å². The maximum Gasteiger partial charge on any atom is 0.173 e. The van der Waals surface area contributed by atoms with E-state index in [0.717, 1.165) is 37.9 Å². The molecule has 0 saturated carbocycles. The normalized spacial score (nSPS) is 10.9. The van der Waals surface area contributed by atoms with Crippen molar-refractivity contribution in [2.75, 3.05) is 19.5 Å². The van der Waals surface area contributed by atoms with Gasteiger partial charge in [-0.2, -0.15) is 0 Å². The van der Waals surface area contributed by atoms with Gasteiger partial charge in [-0.15, -0.1) is 11.3 Å². The van der Waals surface area contributed by atoms with E-state index in [1.165, 1.54) is 0 Å². The molecule has 0 saturated heterocycles. The van der Waals surface area contributed by atoms with E-state index in [4.69, 9.17) is 16.3 Å². The average molecular weight is 320 g/mol. The summed E-state index contributed by atoms with van der Waals surface area (Å²) in [5, 5.41) is 6.76. The Kier molecular flexibility index (Phi) is 3.69. The number of thiophene rings is 1. The van der Waals surface area contributed by atoms with Crippen LogP contribution in [0.4, 0.5) is 5.82 Å².